The van der Waals surface area contributed by atoms with Gasteiger partial charge in [-0.25, -0.2) is 4.98 Å². The maximum absolute atomic E-state index is 5.57. The summed E-state index contributed by atoms with van der Waals surface area (Å²) in [4.78, 5) is 4.98. The second kappa shape index (κ2) is 9.95. The molecule has 1 unspecified atom stereocenters. The Hall–Kier alpha value is -0.0531. The lowest BCUT2D eigenvalue weighted by atomic mass is 10.3. The molecule has 0 saturated carbocycles. The molecule has 0 saturated heterocycles. The molecular weight excluding hydrogens is 350 g/mol. The fourth-order valence-corrected chi connectivity index (χ4v) is 5.83. The number of hydrogen-bond donors (Lipinski definition) is 0. The Kier molecular flexibility index (Phi) is 8.27. The van der Waals surface area contributed by atoms with Crippen molar-refractivity contribution in [3.05, 3.63) is 24.3 Å². The Morgan fingerprint density at radius 3 is 2.59 bits per heavy atom. The SMILES string of the molecule is CCOC(CCC([Si])SSc1nc2ccccc2s1)OCC. The number of nitrogens with zero attached hydrogens (tertiary/aromatic N) is 1. The van der Waals surface area contributed by atoms with E-state index in [0.29, 0.717) is 18.1 Å². The number of aromatic nitrogens is 1. The maximum atomic E-state index is 5.57. The number of rotatable bonds is 10. The van der Waals surface area contributed by atoms with E-state index < -0.39 is 0 Å². The van der Waals surface area contributed by atoms with Crippen molar-refractivity contribution in [3.63, 3.8) is 0 Å². The van der Waals surface area contributed by atoms with Gasteiger partial charge in [0, 0.05) is 28.3 Å². The normalized spacial score (nSPS) is 13.1. The second-order valence-electron chi connectivity index (χ2n) is 4.53. The molecule has 2 aromatic rings. The van der Waals surface area contributed by atoms with Gasteiger partial charge in [-0.3, -0.25) is 0 Å². The van der Waals surface area contributed by atoms with Crippen LogP contribution in [0, 0.1) is 0 Å². The first-order valence-electron chi connectivity index (χ1n) is 7.36. The average Bonchev–Trinajstić information content (AvgIpc) is 2.94. The van der Waals surface area contributed by atoms with Crippen LogP contribution in [0.2, 0.25) is 0 Å². The topological polar surface area (TPSA) is 31.4 Å². The van der Waals surface area contributed by atoms with E-state index in [2.05, 4.69) is 33.4 Å². The van der Waals surface area contributed by atoms with Gasteiger partial charge in [-0.1, -0.05) is 22.9 Å². The summed E-state index contributed by atoms with van der Waals surface area (Å²) in [5.41, 5.74) is 1.08. The molecule has 0 aliphatic rings. The first kappa shape index (κ1) is 18.3. The quantitative estimate of drug-likeness (QED) is 0.343. The van der Waals surface area contributed by atoms with Crippen molar-refractivity contribution in [2.24, 2.45) is 0 Å². The standard InChI is InChI=1S/C15H20NO2S3Si/c1-3-17-13(18-4-2)9-10-14(22)20-21-15-16-11-7-5-6-8-12(11)19-15/h5-8,13-14H,3-4,9-10H2,1-2H3. The molecule has 2 rings (SSSR count). The lowest BCUT2D eigenvalue weighted by Crippen LogP contribution is -2.19. The number of benzene rings is 1. The van der Waals surface area contributed by atoms with Crippen molar-refractivity contribution < 1.29 is 9.47 Å². The minimum Gasteiger partial charge on any atom is -0.353 e. The van der Waals surface area contributed by atoms with Crippen LogP contribution in [-0.4, -0.2) is 39.6 Å². The summed E-state index contributed by atoms with van der Waals surface area (Å²) < 4.78 is 13.5. The number of para-hydroxylation sites is 1. The molecule has 0 fully saturated rings. The third kappa shape index (κ3) is 5.86. The van der Waals surface area contributed by atoms with Gasteiger partial charge in [0.15, 0.2) is 10.6 Å². The summed E-state index contributed by atoms with van der Waals surface area (Å²) in [6.45, 7) is 5.36. The molecule has 0 aliphatic carbocycles. The van der Waals surface area contributed by atoms with Gasteiger partial charge in [0.05, 0.1) is 10.2 Å². The van der Waals surface area contributed by atoms with Crippen LogP contribution >= 0.6 is 32.9 Å². The highest BCUT2D eigenvalue weighted by molar-refractivity contribution is 8.77. The zero-order valence-corrected chi connectivity index (χ0v) is 16.2. The van der Waals surface area contributed by atoms with Crippen molar-refractivity contribution in [2.45, 2.75) is 42.2 Å². The van der Waals surface area contributed by atoms with E-state index in [0.717, 1.165) is 22.7 Å². The first-order valence-corrected chi connectivity index (χ1v) is 11.0. The van der Waals surface area contributed by atoms with Crippen LogP contribution in [0.4, 0.5) is 0 Å². The highest BCUT2D eigenvalue weighted by Crippen LogP contribution is 2.39. The summed E-state index contributed by atoms with van der Waals surface area (Å²) in [7, 11) is 7.29. The van der Waals surface area contributed by atoms with Crippen LogP contribution in [0.25, 0.3) is 10.2 Å². The van der Waals surface area contributed by atoms with E-state index in [1.54, 1.807) is 32.9 Å². The Morgan fingerprint density at radius 1 is 1.18 bits per heavy atom. The predicted molar refractivity (Wildman–Crippen MR) is 98.9 cm³/mol. The molecule has 0 N–H and O–H groups in total. The molecule has 0 bridgehead atoms. The fourth-order valence-electron chi connectivity index (χ4n) is 1.91. The zero-order chi connectivity index (χ0) is 15.8. The van der Waals surface area contributed by atoms with Gasteiger partial charge in [0.2, 0.25) is 0 Å². The summed E-state index contributed by atoms with van der Waals surface area (Å²) in [6.07, 6.45) is 1.79. The van der Waals surface area contributed by atoms with Crippen molar-refractivity contribution >= 4 is 53.4 Å². The van der Waals surface area contributed by atoms with Gasteiger partial charge < -0.3 is 9.47 Å². The van der Waals surface area contributed by atoms with Crippen molar-refractivity contribution in [1.82, 2.24) is 4.98 Å². The van der Waals surface area contributed by atoms with Crippen LogP contribution in [0.15, 0.2) is 28.6 Å². The van der Waals surface area contributed by atoms with E-state index in [1.807, 2.05) is 19.9 Å². The molecule has 22 heavy (non-hydrogen) atoms. The molecular formula is C15H20NO2S3Si. The number of fused-ring (bicyclic) bond motifs is 1. The highest BCUT2D eigenvalue weighted by atomic mass is 33.1. The zero-order valence-electron chi connectivity index (χ0n) is 12.8. The average molecular weight is 371 g/mol. The molecule has 7 heteroatoms. The molecule has 119 valence electrons. The molecule has 3 nitrogen and oxygen atoms in total. The van der Waals surface area contributed by atoms with Crippen LogP contribution in [-0.2, 0) is 9.47 Å². The molecule has 3 radical (unpaired) electrons. The summed E-state index contributed by atoms with van der Waals surface area (Å²) in [5, 5.41) is 0. The van der Waals surface area contributed by atoms with E-state index in [1.165, 1.54) is 4.70 Å². The molecule has 0 amide bonds. The summed E-state index contributed by atoms with van der Waals surface area (Å²) >= 11 is 1.74. The first-order chi connectivity index (χ1) is 10.7. The Morgan fingerprint density at radius 2 is 1.91 bits per heavy atom. The molecule has 1 heterocycles. The monoisotopic (exact) mass is 370 g/mol. The number of hydrogen-bond acceptors (Lipinski definition) is 6. The fraction of sp³-hybridized carbons (Fsp3) is 0.533. The predicted octanol–water partition coefficient (Wildman–Crippen LogP) is 4.71. The Labute approximate surface area is 147 Å². The van der Waals surface area contributed by atoms with Crippen molar-refractivity contribution in [2.75, 3.05) is 13.2 Å². The third-order valence-corrected chi connectivity index (χ3v) is 7.94. The van der Waals surface area contributed by atoms with Gasteiger partial charge in [0.25, 0.3) is 0 Å². The van der Waals surface area contributed by atoms with Crippen LogP contribution < -0.4 is 0 Å². The van der Waals surface area contributed by atoms with Crippen molar-refractivity contribution in [1.29, 1.82) is 0 Å². The molecule has 0 aliphatic heterocycles. The van der Waals surface area contributed by atoms with Gasteiger partial charge in [-0.2, -0.15) is 0 Å². The van der Waals surface area contributed by atoms with Crippen LogP contribution in [0.1, 0.15) is 26.7 Å². The van der Waals surface area contributed by atoms with Gasteiger partial charge in [-0.05, 0) is 49.6 Å². The number of thiazole rings is 1. The summed E-state index contributed by atoms with van der Waals surface area (Å²) in [6, 6.07) is 8.25. The minimum atomic E-state index is -0.0955. The van der Waals surface area contributed by atoms with Crippen molar-refractivity contribution in [3.8, 4) is 0 Å². The number of ether oxygens (including phenoxy) is 2. The molecule has 0 spiro atoms. The van der Waals surface area contributed by atoms with Gasteiger partial charge >= 0.3 is 0 Å². The maximum Gasteiger partial charge on any atom is 0.161 e. The lowest BCUT2D eigenvalue weighted by Gasteiger charge is -2.18. The van der Waals surface area contributed by atoms with Gasteiger partial charge in [-0.15, -0.1) is 11.3 Å². The largest absolute Gasteiger partial charge is 0.353 e. The van der Waals surface area contributed by atoms with E-state index in [-0.39, 0.29) is 6.29 Å². The van der Waals surface area contributed by atoms with E-state index in [4.69, 9.17) is 9.47 Å². The highest BCUT2D eigenvalue weighted by Gasteiger charge is 2.13. The smallest absolute Gasteiger partial charge is 0.161 e. The molecule has 1 aromatic heterocycles. The minimum absolute atomic E-state index is 0.0955. The molecule has 1 atom stereocenters. The Balaban J connectivity index is 1.75. The summed E-state index contributed by atoms with van der Waals surface area (Å²) in [5.74, 6) is 0. The van der Waals surface area contributed by atoms with E-state index in [9.17, 15) is 0 Å². The lowest BCUT2D eigenvalue weighted by molar-refractivity contribution is -0.139. The van der Waals surface area contributed by atoms with E-state index >= 15 is 0 Å². The van der Waals surface area contributed by atoms with Crippen LogP contribution in [0.3, 0.4) is 0 Å². The molecule has 1 aromatic carbocycles. The third-order valence-electron chi connectivity index (χ3n) is 2.88. The second-order valence-corrected chi connectivity index (χ2v) is 9.33. The van der Waals surface area contributed by atoms with Gasteiger partial charge in [0.1, 0.15) is 0 Å². The van der Waals surface area contributed by atoms with Crippen LogP contribution in [0.5, 0.6) is 0 Å². The Bertz CT molecular complexity index is 527.